The monoisotopic (exact) mass is 382 g/mol. The molecule has 0 atom stereocenters. The third kappa shape index (κ3) is 4.01. The summed E-state index contributed by atoms with van der Waals surface area (Å²) in [6.45, 7) is 0.105. The van der Waals surface area contributed by atoms with E-state index in [9.17, 15) is 29.8 Å². The molecule has 0 unspecified atom stereocenters. The van der Waals surface area contributed by atoms with E-state index in [1.165, 1.54) is 65.4 Å². The van der Waals surface area contributed by atoms with Gasteiger partial charge in [0.05, 0.1) is 22.9 Å². The van der Waals surface area contributed by atoms with Crippen LogP contribution in [0.2, 0.25) is 0 Å². The van der Waals surface area contributed by atoms with Crippen LogP contribution in [-0.4, -0.2) is 19.0 Å². The van der Waals surface area contributed by atoms with Crippen LogP contribution in [0.25, 0.3) is 0 Å². The van der Waals surface area contributed by atoms with E-state index < -0.39 is 21.1 Å². The fraction of sp³-hybridized carbons (Fsp3) is 0.111. The SMILES string of the molecule is O=c1ccn(Cc2ccc([N+](=O)[O-])cc2)c(=O)n1Cc1ccc([N+](=O)[O-])cc1. The molecule has 3 aromatic rings. The summed E-state index contributed by atoms with van der Waals surface area (Å²) < 4.78 is 2.33. The van der Waals surface area contributed by atoms with Gasteiger partial charge in [-0.15, -0.1) is 0 Å². The Labute approximate surface area is 157 Å². The first-order valence-corrected chi connectivity index (χ1v) is 8.12. The molecular formula is C18H14N4O6. The highest BCUT2D eigenvalue weighted by Gasteiger charge is 2.10. The summed E-state index contributed by atoms with van der Waals surface area (Å²) in [4.78, 5) is 45.2. The number of hydrogen-bond acceptors (Lipinski definition) is 6. The number of rotatable bonds is 6. The lowest BCUT2D eigenvalue weighted by Crippen LogP contribution is -2.39. The predicted molar refractivity (Wildman–Crippen MR) is 99.4 cm³/mol. The summed E-state index contributed by atoms with van der Waals surface area (Å²) in [6.07, 6.45) is 1.36. The smallest absolute Gasteiger partial charge is 0.296 e. The van der Waals surface area contributed by atoms with Crippen molar-refractivity contribution in [1.82, 2.24) is 9.13 Å². The van der Waals surface area contributed by atoms with Crippen LogP contribution >= 0.6 is 0 Å². The molecule has 28 heavy (non-hydrogen) atoms. The molecule has 0 aliphatic rings. The van der Waals surface area contributed by atoms with Crippen LogP contribution < -0.4 is 11.2 Å². The molecule has 1 heterocycles. The molecule has 0 spiro atoms. The van der Waals surface area contributed by atoms with Crippen molar-refractivity contribution in [3.05, 3.63) is 113 Å². The van der Waals surface area contributed by atoms with E-state index in [0.717, 1.165) is 4.57 Å². The summed E-state index contributed by atoms with van der Waals surface area (Å²) in [5, 5.41) is 21.4. The van der Waals surface area contributed by atoms with E-state index in [1.807, 2.05) is 0 Å². The molecule has 0 aliphatic carbocycles. The summed E-state index contributed by atoms with van der Waals surface area (Å²) in [6, 6.07) is 12.6. The minimum atomic E-state index is -0.552. The van der Waals surface area contributed by atoms with E-state index in [2.05, 4.69) is 0 Å². The Bertz CT molecular complexity index is 1150. The largest absolute Gasteiger partial charge is 0.331 e. The zero-order chi connectivity index (χ0) is 20.3. The van der Waals surface area contributed by atoms with Crippen molar-refractivity contribution in [2.45, 2.75) is 13.1 Å². The van der Waals surface area contributed by atoms with E-state index in [-0.39, 0.29) is 24.5 Å². The summed E-state index contributed by atoms with van der Waals surface area (Å²) in [7, 11) is 0. The van der Waals surface area contributed by atoms with Crippen LogP contribution in [0, 0.1) is 20.2 Å². The van der Waals surface area contributed by atoms with Crippen LogP contribution in [0.4, 0.5) is 11.4 Å². The first kappa shape index (κ1) is 18.7. The first-order chi connectivity index (χ1) is 13.3. The number of benzene rings is 2. The van der Waals surface area contributed by atoms with Crippen molar-refractivity contribution >= 4 is 11.4 Å². The van der Waals surface area contributed by atoms with Gasteiger partial charge in [0.1, 0.15) is 0 Å². The normalized spacial score (nSPS) is 10.6. The Hall–Kier alpha value is -4.08. The number of hydrogen-bond donors (Lipinski definition) is 0. The van der Waals surface area contributed by atoms with E-state index >= 15 is 0 Å². The standard InChI is InChI=1S/C18H14N4O6/c23-17-9-10-19(11-13-1-5-15(6-2-13)21(25)26)18(24)20(17)12-14-3-7-16(8-4-14)22(27)28/h1-10H,11-12H2. The third-order valence-corrected chi connectivity index (χ3v) is 4.13. The van der Waals surface area contributed by atoms with Gasteiger partial charge in [-0.25, -0.2) is 4.79 Å². The molecule has 0 fully saturated rings. The van der Waals surface area contributed by atoms with Gasteiger partial charge in [0.2, 0.25) is 0 Å². The van der Waals surface area contributed by atoms with Gasteiger partial charge < -0.3 is 0 Å². The van der Waals surface area contributed by atoms with Gasteiger partial charge in [0.25, 0.3) is 16.9 Å². The number of nitro groups is 2. The summed E-state index contributed by atoms with van der Waals surface area (Å²) in [5.74, 6) is 0. The minimum Gasteiger partial charge on any atom is -0.296 e. The van der Waals surface area contributed by atoms with Crippen LogP contribution in [0.1, 0.15) is 11.1 Å². The highest BCUT2D eigenvalue weighted by atomic mass is 16.6. The Morgan fingerprint density at radius 1 is 0.714 bits per heavy atom. The van der Waals surface area contributed by atoms with Crippen molar-refractivity contribution in [2.75, 3.05) is 0 Å². The highest BCUT2D eigenvalue weighted by molar-refractivity contribution is 5.33. The molecule has 0 amide bonds. The first-order valence-electron chi connectivity index (χ1n) is 8.12. The zero-order valence-corrected chi connectivity index (χ0v) is 14.4. The quantitative estimate of drug-likeness (QED) is 0.473. The van der Waals surface area contributed by atoms with E-state index in [0.29, 0.717) is 11.1 Å². The van der Waals surface area contributed by atoms with Gasteiger partial charge in [0.15, 0.2) is 0 Å². The number of non-ortho nitro benzene ring substituents is 2. The predicted octanol–water partition coefficient (Wildman–Crippen LogP) is 1.92. The molecule has 0 saturated heterocycles. The Kier molecular flexibility index (Phi) is 5.12. The Morgan fingerprint density at radius 3 is 1.64 bits per heavy atom. The van der Waals surface area contributed by atoms with Crippen LogP contribution in [0.3, 0.4) is 0 Å². The van der Waals surface area contributed by atoms with Crippen LogP contribution in [0.15, 0.2) is 70.4 Å². The molecule has 0 bridgehead atoms. The Morgan fingerprint density at radius 2 is 1.18 bits per heavy atom. The van der Waals surface area contributed by atoms with Gasteiger partial charge in [-0.05, 0) is 11.1 Å². The lowest BCUT2D eigenvalue weighted by atomic mass is 10.2. The topological polar surface area (TPSA) is 130 Å². The number of nitro benzene ring substituents is 2. The zero-order valence-electron chi connectivity index (χ0n) is 14.4. The Balaban J connectivity index is 1.87. The van der Waals surface area contributed by atoms with E-state index in [4.69, 9.17) is 0 Å². The summed E-state index contributed by atoms with van der Waals surface area (Å²) in [5.41, 5.74) is 0.0395. The average molecular weight is 382 g/mol. The van der Waals surface area contributed by atoms with Gasteiger partial charge in [-0.3, -0.25) is 34.2 Å². The molecule has 0 saturated carbocycles. The fourth-order valence-corrected chi connectivity index (χ4v) is 2.65. The molecule has 3 rings (SSSR count). The van der Waals surface area contributed by atoms with E-state index in [1.54, 1.807) is 0 Å². The lowest BCUT2D eigenvalue weighted by Gasteiger charge is -2.10. The molecular weight excluding hydrogens is 368 g/mol. The van der Waals surface area contributed by atoms with Crippen molar-refractivity contribution in [3.8, 4) is 0 Å². The molecule has 142 valence electrons. The van der Waals surface area contributed by atoms with Crippen molar-refractivity contribution < 1.29 is 9.85 Å². The van der Waals surface area contributed by atoms with Gasteiger partial charge in [0, 0.05) is 36.5 Å². The fourth-order valence-electron chi connectivity index (χ4n) is 2.65. The average Bonchev–Trinajstić information content (AvgIpc) is 2.68. The maximum Gasteiger partial charge on any atom is 0.331 e. The van der Waals surface area contributed by atoms with Gasteiger partial charge in [-0.2, -0.15) is 0 Å². The van der Waals surface area contributed by atoms with Crippen LogP contribution in [0.5, 0.6) is 0 Å². The van der Waals surface area contributed by atoms with Crippen molar-refractivity contribution in [3.63, 3.8) is 0 Å². The van der Waals surface area contributed by atoms with Gasteiger partial charge >= 0.3 is 5.69 Å². The minimum absolute atomic E-state index is 0.0310. The molecule has 1 aromatic heterocycles. The maximum atomic E-state index is 12.7. The highest BCUT2D eigenvalue weighted by Crippen LogP contribution is 2.13. The number of aromatic nitrogens is 2. The molecule has 10 heteroatoms. The van der Waals surface area contributed by atoms with Crippen molar-refractivity contribution in [2.24, 2.45) is 0 Å². The summed E-state index contributed by atoms with van der Waals surface area (Å²) >= 11 is 0. The maximum absolute atomic E-state index is 12.7. The second-order valence-corrected chi connectivity index (χ2v) is 6.00. The lowest BCUT2D eigenvalue weighted by molar-refractivity contribution is -0.385. The molecule has 10 nitrogen and oxygen atoms in total. The molecule has 2 aromatic carbocycles. The molecule has 0 N–H and O–H groups in total. The second kappa shape index (κ2) is 7.66. The van der Waals surface area contributed by atoms with Crippen molar-refractivity contribution in [1.29, 1.82) is 0 Å². The van der Waals surface area contributed by atoms with Crippen LogP contribution in [-0.2, 0) is 13.1 Å². The second-order valence-electron chi connectivity index (χ2n) is 6.00. The number of nitrogens with zero attached hydrogens (tertiary/aromatic N) is 4. The third-order valence-electron chi connectivity index (χ3n) is 4.13. The molecule has 0 aliphatic heterocycles. The molecule has 0 radical (unpaired) electrons. The van der Waals surface area contributed by atoms with Gasteiger partial charge in [-0.1, -0.05) is 24.3 Å².